The van der Waals surface area contributed by atoms with Crippen LogP contribution in [0.5, 0.6) is 0 Å². The molecule has 0 amide bonds. The molecule has 5 aromatic rings. The van der Waals surface area contributed by atoms with Gasteiger partial charge in [0, 0.05) is 15.2 Å². The minimum absolute atomic E-state index is 0.0306. The van der Waals surface area contributed by atoms with Crippen molar-refractivity contribution in [2.45, 2.75) is 150 Å². The standard InChI is InChI=1S/C56H63NS/c1-52(2)24-26-54(5,6)49-42(52)19-14-21-45(49)57(46-22-15-20-43-50(46)55(7,8)27-25-53(43,3)4)47-34-38(37-16-10-9-11-17-37)33-44-51(47)58-48-23-13-12-18-41(48)56(44)39-29-35-28-36(31-39)32-40(56)30-35/h9-23,33-36,39-40H,24-32H2,1-8H3. The van der Waals surface area contributed by atoms with Gasteiger partial charge in [-0.1, -0.05) is 140 Å². The molecule has 1 aliphatic heterocycles. The van der Waals surface area contributed by atoms with Gasteiger partial charge < -0.3 is 4.90 Å². The molecule has 4 fully saturated rings. The highest BCUT2D eigenvalue weighted by Crippen LogP contribution is 2.70. The SMILES string of the molecule is CC1(C)CCC(C)(C)c2c(N(c3cc(-c4ccccc4)cc4c3Sc3ccccc3C43C4CC5CC(C4)CC3C5)c3cccc4c3C(C)(C)CCC4(C)C)cccc21. The van der Waals surface area contributed by atoms with E-state index in [1.165, 1.54) is 107 Å². The molecule has 0 atom stereocenters. The minimum atomic E-state index is 0.0306. The van der Waals surface area contributed by atoms with Gasteiger partial charge in [0.2, 0.25) is 0 Å². The van der Waals surface area contributed by atoms with E-state index in [2.05, 4.69) is 175 Å². The van der Waals surface area contributed by atoms with Gasteiger partial charge in [-0.15, -0.1) is 0 Å². The highest BCUT2D eigenvalue weighted by Gasteiger charge is 2.61. The molecule has 4 saturated carbocycles. The van der Waals surface area contributed by atoms with E-state index in [1.54, 1.807) is 22.3 Å². The summed E-state index contributed by atoms with van der Waals surface area (Å²) in [5, 5.41) is 0. The summed E-state index contributed by atoms with van der Waals surface area (Å²) in [4.78, 5) is 5.84. The van der Waals surface area contributed by atoms with Gasteiger partial charge in [-0.3, -0.25) is 0 Å². The van der Waals surface area contributed by atoms with Crippen LogP contribution in [0.3, 0.4) is 0 Å². The van der Waals surface area contributed by atoms with Crippen molar-refractivity contribution in [2.24, 2.45) is 23.7 Å². The second-order valence-electron chi connectivity index (χ2n) is 22.3. The van der Waals surface area contributed by atoms with Gasteiger partial charge >= 0.3 is 0 Å². The summed E-state index contributed by atoms with van der Waals surface area (Å²) in [6.07, 6.45) is 11.8. The van der Waals surface area contributed by atoms with Crippen LogP contribution in [0.25, 0.3) is 11.1 Å². The van der Waals surface area contributed by atoms with Crippen molar-refractivity contribution in [1.29, 1.82) is 0 Å². The van der Waals surface area contributed by atoms with Crippen LogP contribution in [-0.2, 0) is 27.1 Å². The lowest BCUT2D eigenvalue weighted by atomic mass is 9.42. The third-order valence-electron chi connectivity index (χ3n) is 17.0. The smallest absolute Gasteiger partial charge is 0.0610 e. The van der Waals surface area contributed by atoms with Crippen LogP contribution >= 0.6 is 11.8 Å². The molecule has 0 N–H and O–H groups in total. The Bertz CT molecular complexity index is 2350. The van der Waals surface area contributed by atoms with Crippen LogP contribution < -0.4 is 4.90 Å². The van der Waals surface area contributed by atoms with E-state index in [9.17, 15) is 0 Å². The highest BCUT2D eigenvalue weighted by molar-refractivity contribution is 7.99. The molecule has 6 aliphatic carbocycles. The Morgan fingerprint density at radius 1 is 0.448 bits per heavy atom. The molecule has 4 bridgehead atoms. The number of rotatable bonds is 4. The first-order valence-electron chi connectivity index (χ1n) is 22.8. The van der Waals surface area contributed by atoms with E-state index in [0.29, 0.717) is 11.8 Å². The van der Waals surface area contributed by atoms with Crippen LogP contribution in [0.2, 0.25) is 0 Å². The Balaban J connectivity index is 1.29. The fourth-order valence-corrected chi connectivity index (χ4v) is 15.4. The zero-order valence-electron chi connectivity index (χ0n) is 36.3. The highest BCUT2D eigenvalue weighted by atomic mass is 32.2. The van der Waals surface area contributed by atoms with Crippen molar-refractivity contribution in [2.75, 3.05) is 4.90 Å². The van der Waals surface area contributed by atoms with E-state index in [4.69, 9.17) is 0 Å². The largest absolute Gasteiger partial charge is 0.309 e. The van der Waals surface area contributed by atoms with Crippen molar-refractivity contribution in [3.8, 4) is 11.1 Å². The van der Waals surface area contributed by atoms with Gasteiger partial charge in [-0.05, 0) is 178 Å². The van der Waals surface area contributed by atoms with E-state index in [-0.39, 0.29) is 27.1 Å². The third kappa shape index (κ3) is 5.28. The Morgan fingerprint density at radius 2 is 0.948 bits per heavy atom. The summed E-state index contributed by atoms with van der Waals surface area (Å²) in [6, 6.07) is 41.1. The molecule has 12 rings (SSSR count). The predicted molar refractivity (Wildman–Crippen MR) is 246 cm³/mol. The second-order valence-corrected chi connectivity index (χ2v) is 23.3. The first-order chi connectivity index (χ1) is 27.7. The first-order valence-corrected chi connectivity index (χ1v) is 23.6. The molecule has 1 heterocycles. The van der Waals surface area contributed by atoms with Gasteiger partial charge in [0.1, 0.15) is 0 Å². The van der Waals surface area contributed by atoms with Crippen molar-refractivity contribution in [3.05, 3.63) is 137 Å². The Hall–Kier alpha value is -3.75. The van der Waals surface area contributed by atoms with E-state index in [0.717, 1.165) is 11.8 Å². The Labute approximate surface area is 353 Å². The average molecular weight is 782 g/mol. The Morgan fingerprint density at radius 3 is 1.52 bits per heavy atom. The molecule has 1 nitrogen and oxygen atoms in total. The lowest BCUT2D eigenvalue weighted by Crippen LogP contribution is -2.57. The maximum atomic E-state index is 2.85. The minimum Gasteiger partial charge on any atom is -0.309 e. The summed E-state index contributed by atoms with van der Waals surface area (Å²) in [5.74, 6) is 3.17. The molecule has 0 radical (unpaired) electrons. The molecule has 58 heavy (non-hydrogen) atoms. The lowest BCUT2D eigenvalue weighted by Gasteiger charge is -2.63. The van der Waals surface area contributed by atoms with Crippen LogP contribution in [0.4, 0.5) is 17.1 Å². The monoisotopic (exact) mass is 781 g/mol. The van der Waals surface area contributed by atoms with Gasteiger partial charge in [-0.25, -0.2) is 0 Å². The van der Waals surface area contributed by atoms with Crippen molar-refractivity contribution in [3.63, 3.8) is 0 Å². The molecule has 5 aromatic carbocycles. The molecule has 0 unspecified atom stereocenters. The molecule has 1 spiro atoms. The molecule has 2 heteroatoms. The summed E-state index contributed by atoms with van der Waals surface area (Å²) < 4.78 is 0. The van der Waals surface area contributed by atoms with Crippen LogP contribution in [0.15, 0.2) is 113 Å². The maximum Gasteiger partial charge on any atom is 0.0610 e. The van der Waals surface area contributed by atoms with Crippen molar-refractivity contribution >= 4 is 28.8 Å². The normalized spacial score (nSPS) is 28.6. The van der Waals surface area contributed by atoms with E-state index >= 15 is 0 Å². The number of nitrogens with zero attached hydrogens (tertiary/aromatic N) is 1. The summed E-state index contributed by atoms with van der Waals surface area (Å²) in [7, 11) is 0. The second kappa shape index (κ2) is 12.6. The van der Waals surface area contributed by atoms with Crippen LogP contribution in [0, 0.1) is 23.7 Å². The molecule has 298 valence electrons. The molecular formula is C56H63NS. The number of hydrogen-bond donors (Lipinski definition) is 0. The molecule has 7 aliphatic rings. The summed E-state index contributed by atoms with van der Waals surface area (Å²) in [5.41, 5.74) is 16.5. The van der Waals surface area contributed by atoms with E-state index < -0.39 is 0 Å². The number of benzene rings is 5. The quantitative estimate of drug-likeness (QED) is 0.179. The topological polar surface area (TPSA) is 3.24 Å². The van der Waals surface area contributed by atoms with Crippen LogP contribution in [-0.4, -0.2) is 0 Å². The zero-order valence-corrected chi connectivity index (χ0v) is 37.2. The van der Waals surface area contributed by atoms with Crippen molar-refractivity contribution < 1.29 is 0 Å². The molecular weight excluding hydrogens is 719 g/mol. The zero-order chi connectivity index (χ0) is 40.0. The van der Waals surface area contributed by atoms with Gasteiger partial charge in [0.25, 0.3) is 0 Å². The average Bonchev–Trinajstić information content (AvgIpc) is 3.20. The van der Waals surface area contributed by atoms with Crippen molar-refractivity contribution in [1.82, 2.24) is 0 Å². The third-order valence-corrected chi connectivity index (χ3v) is 18.2. The summed E-state index contributed by atoms with van der Waals surface area (Å²) in [6.45, 7) is 20.1. The first kappa shape index (κ1) is 37.3. The number of hydrogen-bond acceptors (Lipinski definition) is 2. The van der Waals surface area contributed by atoms with E-state index in [1.807, 2.05) is 0 Å². The Kier molecular flexibility index (Phi) is 8.12. The fourth-order valence-electron chi connectivity index (χ4n) is 14.1. The van der Waals surface area contributed by atoms with Gasteiger partial charge in [0.05, 0.1) is 17.1 Å². The predicted octanol–water partition coefficient (Wildman–Crippen LogP) is 15.7. The van der Waals surface area contributed by atoms with Gasteiger partial charge in [-0.2, -0.15) is 0 Å². The summed E-state index contributed by atoms with van der Waals surface area (Å²) >= 11 is 2.08. The molecule has 0 aromatic heterocycles. The maximum absolute atomic E-state index is 2.85. The fraction of sp³-hybridized carbons (Fsp3) is 0.464. The number of fused-ring (bicyclic) bond motifs is 4. The molecule has 0 saturated heterocycles. The lowest BCUT2D eigenvalue weighted by molar-refractivity contribution is -0.0443. The van der Waals surface area contributed by atoms with Crippen LogP contribution in [0.1, 0.15) is 147 Å². The number of anilines is 3. The van der Waals surface area contributed by atoms with Gasteiger partial charge in [0.15, 0.2) is 0 Å².